The van der Waals surface area contributed by atoms with Gasteiger partial charge in [0.25, 0.3) is 0 Å². The minimum Gasteiger partial charge on any atom is -0.339 e. The average Bonchev–Trinajstić information content (AvgIpc) is 3.26. The second-order valence-corrected chi connectivity index (χ2v) is 7.47. The minimum atomic E-state index is -0.410. The Kier molecular flexibility index (Phi) is 3.67. The molecule has 2 aromatic rings. The first-order valence-electron chi connectivity index (χ1n) is 9.54. The average molecular weight is 351 g/mol. The first-order chi connectivity index (χ1) is 12.8. The fourth-order valence-electron chi connectivity index (χ4n) is 4.74. The molecule has 0 bridgehead atoms. The van der Waals surface area contributed by atoms with Crippen molar-refractivity contribution < 1.29 is 4.79 Å². The van der Waals surface area contributed by atoms with E-state index in [-0.39, 0.29) is 5.91 Å². The molecule has 2 fully saturated rings. The van der Waals surface area contributed by atoms with Crippen LogP contribution >= 0.6 is 0 Å². The summed E-state index contributed by atoms with van der Waals surface area (Å²) in [4.78, 5) is 15.0. The number of hydrogen-bond donors (Lipinski definition) is 2. The molecular weight excluding hydrogens is 326 g/mol. The highest BCUT2D eigenvalue weighted by atomic mass is 16.2. The lowest BCUT2D eigenvalue weighted by molar-refractivity contribution is -0.124. The van der Waals surface area contributed by atoms with Crippen LogP contribution in [-0.4, -0.2) is 42.4 Å². The molecule has 0 aliphatic carbocycles. The number of para-hydroxylation sites is 1. The van der Waals surface area contributed by atoms with E-state index < -0.39 is 5.54 Å². The molecule has 1 amide bonds. The maximum Gasteiger partial charge on any atom is 0.247 e. The van der Waals surface area contributed by atoms with Crippen molar-refractivity contribution in [3.8, 4) is 0 Å². The number of nitrogens with one attached hydrogen (secondary N) is 2. The first kappa shape index (κ1) is 15.8. The number of benzene rings is 1. The van der Waals surface area contributed by atoms with Crippen LogP contribution in [0.4, 0.5) is 5.69 Å². The summed E-state index contributed by atoms with van der Waals surface area (Å²) in [5.41, 5.74) is 3.55. The van der Waals surface area contributed by atoms with Crippen LogP contribution in [-0.2, 0) is 17.8 Å². The van der Waals surface area contributed by atoms with Crippen molar-refractivity contribution in [2.75, 3.05) is 36.2 Å². The maximum atomic E-state index is 12.8. The van der Waals surface area contributed by atoms with E-state index in [0.717, 1.165) is 51.1 Å². The van der Waals surface area contributed by atoms with Gasteiger partial charge >= 0.3 is 0 Å². The number of carbonyl (C=O) groups excluding carboxylic acids is 1. The Morgan fingerprint density at radius 1 is 1.04 bits per heavy atom. The number of hydrogen-bond acceptors (Lipinski definition) is 4. The maximum absolute atomic E-state index is 12.8. The summed E-state index contributed by atoms with van der Waals surface area (Å²) in [5.74, 6) is 0.180. The fourth-order valence-corrected chi connectivity index (χ4v) is 4.74. The van der Waals surface area contributed by atoms with Crippen LogP contribution in [0.3, 0.4) is 0 Å². The van der Waals surface area contributed by atoms with Crippen LogP contribution in [0, 0.1) is 0 Å². The number of rotatable bonds is 2. The van der Waals surface area contributed by atoms with Crippen LogP contribution in [0.15, 0.2) is 42.6 Å². The monoisotopic (exact) mass is 351 g/mol. The Balaban J connectivity index is 1.39. The van der Waals surface area contributed by atoms with Gasteiger partial charge in [-0.3, -0.25) is 9.47 Å². The van der Waals surface area contributed by atoms with Gasteiger partial charge in [-0.25, -0.2) is 0 Å². The predicted molar refractivity (Wildman–Crippen MR) is 102 cm³/mol. The van der Waals surface area contributed by atoms with E-state index in [9.17, 15) is 4.79 Å². The topological polar surface area (TPSA) is 52.5 Å². The number of nitrogens with zero attached hydrogens (tertiary/aromatic N) is 3. The van der Waals surface area contributed by atoms with Crippen LogP contribution in [0.25, 0.3) is 0 Å². The summed E-state index contributed by atoms with van der Waals surface area (Å²) < 4.78 is 2.34. The molecule has 1 aromatic carbocycles. The molecule has 0 atom stereocenters. The molecule has 6 heteroatoms. The lowest BCUT2D eigenvalue weighted by atomic mass is 9.86. The lowest BCUT2D eigenvalue weighted by Gasteiger charge is -2.44. The molecule has 1 spiro atoms. The zero-order valence-corrected chi connectivity index (χ0v) is 14.9. The highest BCUT2D eigenvalue weighted by Gasteiger charge is 2.50. The number of fused-ring (bicyclic) bond motifs is 1. The first-order valence-corrected chi connectivity index (χ1v) is 9.54. The second kappa shape index (κ2) is 6.06. The Morgan fingerprint density at radius 3 is 2.65 bits per heavy atom. The van der Waals surface area contributed by atoms with Crippen molar-refractivity contribution >= 4 is 11.6 Å². The molecule has 5 rings (SSSR count). The van der Waals surface area contributed by atoms with Gasteiger partial charge in [-0.05, 0) is 36.6 Å². The van der Waals surface area contributed by atoms with Gasteiger partial charge in [-0.2, -0.15) is 0 Å². The molecule has 3 aliphatic rings. The highest BCUT2D eigenvalue weighted by molar-refractivity contribution is 5.93. The number of piperidine rings is 1. The van der Waals surface area contributed by atoms with Gasteiger partial charge in [0.2, 0.25) is 5.91 Å². The molecule has 3 aliphatic heterocycles. The quantitative estimate of drug-likeness (QED) is 0.854. The molecule has 0 saturated carbocycles. The Labute approximate surface area is 153 Å². The van der Waals surface area contributed by atoms with Crippen molar-refractivity contribution in [2.24, 2.45) is 0 Å². The third-order valence-corrected chi connectivity index (χ3v) is 6.19. The number of anilines is 1. The molecular formula is C20H25N5O. The molecule has 1 aromatic heterocycles. The molecule has 2 N–H and O–H groups in total. The second-order valence-electron chi connectivity index (χ2n) is 7.47. The number of amides is 1. The molecule has 0 unspecified atom stereocenters. The van der Waals surface area contributed by atoms with Gasteiger partial charge in [0, 0.05) is 50.2 Å². The highest BCUT2D eigenvalue weighted by Crippen LogP contribution is 2.36. The zero-order chi connectivity index (χ0) is 17.6. The standard InChI is InChI=1S/C20H25N5O/c26-19-20(24(15-22-19)17-4-2-1-3-5-17)8-12-23(13-9-20)25-11-7-16-14-21-10-6-18(16)25/h1-5,7,11,21H,6,8-10,12-15H2,(H,22,26). The summed E-state index contributed by atoms with van der Waals surface area (Å²) >= 11 is 0. The van der Waals surface area contributed by atoms with Crippen molar-refractivity contribution in [3.05, 3.63) is 53.9 Å². The SMILES string of the molecule is O=C1NCN(c2ccccc2)C12CCN(n1ccc3c1CCNC3)CC2. The van der Waals surface area contributed by atoms with Gasteiger partial charge in [0.05, 0.1) is 6.67 Å². The van der Waals surface area contributed by atoms with E-state index in [0.29, 0.717) is 6.67 Å². The summed E-state index contributed by atoms with van der Waals surface area (Å²) in [7, 11) is 0. The summed E-state index contributed by atoms with van der Waals surface area (Å²) in [5, 5.41) is 8.92. The van der Waals surface area contributed by atoms with E-state index in [1.807, 2.05) is 18.2 Å². The Hall–Kier alpha value is -2.47. The number of carbonyl (C=O) groups is 1. The van der Waals surface area contributed by atoms with Crippen molar-refractivity contribution in [2.45, 2.75) is 31.3 Å². The van der Waals surface area contributed by atoms with Crippen LogP contribution in [0.5, 0.6) is 0 Å². The zero-order valence-electron chi connectivity index (χ0n) is 14.9. The molecule has 26 heavy (non-hydrogen) atoms. The summed E-state index contributed by atoms with van der Waals surface area (Å²) in [6, 6.07) is 12.5. The largest absolute Gasteiger partial charge is 0.339 e. The normalized spacial score (nSPS) is 21.8. The van der Waals surface area contributed by atoms with Crippen molar-refractivity contribution in [1.82, 2.24) is 15.3 Å². The molecule has 6 nitrogen and oxygen atoms in total. The molecule has 0 radical (unpaired) electrons. The van der Waals surface area contributed by atoms with Crippen LogP contribution in [0.2, 0.25) is 0 Å². The molecule has 2 saturated heterocycles. The third kappa shape index (κ3) is 2.32. The van der Waals surface area contributed by atoms with Gasteiger partial charge in [-0.1, -0.05) is 18.2 Å². The summed E-state index contributed by atoms with van der Waals surface area (Å²) in [6.45, 7) is 4.40. The van der Waals surface area contributed by atoms with Gasteiger partial charge in [-0.15, -0.1) is 0 Å². The van der Waals surface area contributed by atoms with E-state index in [1.165, 1.54) is 11.3 Å². The molecule has 136 valence electrons. The van der Waals surface area contributed by atoms with E-state index in [4.69, 9.17) is 0 Å². The minimum absolute atomic E-state index is 0.180. The van der Waals surface area contributed by atoms with Gasteiger partial charge in [0.15, 0.2) is 0 Å². The van der Waals surface area contributed by atoms with E-state index in [2.05, 4.69) is 49.6 Å². The summed E-state index contributed by atoms with van der Waals surface area (Å²) in [6.07, 6.45) is 4.96. The fraction of sp³-hybridized carbons (Fsp3) is 0.450. The molecule has 4 heterocycles. The Bertz CT molecular complexity index is 807. The third-order valence-electron chi connectivity index (χ3n) is 6.19. The van der Waals surface area contributed by atoms with Crippen molar-refractivity contribution in [3.63, 3.8) is 0 Å². The van der Waals surface area contributed by atoms with Crippen LogP contribution in [0.1, 0.15) is 24.1 Å². The predicted octanol–water partition coefficient (Wildman–Crippen LogP) is 1.20. The van der Waals surface area contributed by atoms with Gasteiger partial charge in [0.1, 0.15) is 5.54 Å². The van der Waals surface area contributed by atoms with Gasteiger partial charge < -0.3 is 20.5 Å². The van der Waals surface area contributed by atoms with Crippen molar-refractivity contribution in [1.29, 1.82) is 0 Å². The number of aromatic nitrogens is 1. The lowest BCUT2D eigenvalue weighted by Crippen LogP contribution is -2.58. The smallest absolute Gasteiger partial charge is 0.247 e. The van der Waals surface area contributed by atoms with E-state index >= 15 is 0 Å². The Morgan fingerprint density at radius 2 is 1.85 bits per heavy atom. The van der Waals surface area contributed by atoms with E-state index in [1.54, 1.807) is 0 Å². The van der Waals surface area contributed by atoms with Crippen LogP contribution < -0.4 is 20.5 Å².